The average Bonchev–Trinajstić information content (AvgIpc) is 2.50. The van der Waals surface area contributed by atoms with Gasteiger partial charge < -0.3 is 15.1 Å². The lowest BCUT2D eigenvalue weighted by molar-refractivity contribution is 0.125. The second kappa shape index (κ2) is 6.70. The van der Waals surface area contributed by atoms with E-state index in [1.54, 1.807) is 5.56 Å². The molecule has 0 aliphatic carbocycles. The zero-order valence-electron chi connectivity index (χ0n) is 12.6. The van der Waals surface area contributed by atoms with E-state index in [1.165, 1.54) is 51.3 Å². The lowest BCUT2D eigenvalue weighted by Crippen LogP contribution is -2.48. The van der Waals surface area contributed by atoms with Gasteiger partial charge in [-0.1, -0.05) is 31.2 Å². The Hall–Kier alpha value is -0.900. The Bertz CT molecular complexity index is 424. The van der Waals surface area contributed by atoms with Crippen molar-refractivity contribution in [1.29, 1.82) is 0 Å². The molecule has 1 N–H and O–H groups in total. The van der Waals surface area contributed by atoms with E-state index in [1.807, 2.05) is 0 Å². The van der Waals surface area contributed by atoms with Crippen LogP contribution in [0.15, 0.2) is 24.3 Å². The minimum Gasteiger partial charge on any atom is -0.312 e. The van der Waals surface area contributed by atoms with Gasteiger partial charge in [-0.2, -0.15) is 0 Å². The van der Waals surface area contributed by atoms with Crippen molar-refractivity contribution in [1.82, 2.24) is 15.1 Å². The van der Waals surface area contributed by atoms with Gasteiger partial charge in [-0.3, -0.25) is 0 Å². The first-order valence-corrected chi connectivity index (χ1v) is 8.10. The van der Waals surface area contributed by atoms with Crippen molar-refractivity contribution in [2.24, 2.45) is 0 Å². The Balaban J connectivity index is 1.57. The number of benzene rings is 1. The lowest BCUT2D eigenvalue weighted by Gasteiger charge is -2.37. The molecule has 0 amide bonds. The Morgan fingerprint density at radius 2 is 1.85 bits per heavy atom. The normalized spacial score (nSPS) is 24.6. The van der Waals surface area contributed by atoms with Crippen LogP contribution in [-0.2, 0) is 6.54 Å². The molecule has 1 unspecified atom stereocenters. The third-order valence-electron chi connectivity index (χ3n) is 4.68. The second-order valence-electron chi connectivity index (χ2n) is 6.17. The molecule has 0 radical (unpaired) electrons. The van der Waals surface area contributed by atoms with Gasteiger partial charge in [0.25, 0.3) is 0 Å². The Morgan fingerprint density at radius 1 is 1.10 bits per heavy atom. The maximum absolute atomic E-state index is 3.57. The highest BCUT2D eigenvalue weighted by molar-refractivity contribution is 5.32. The fourth-order valence-electron chi connectivity index (χ4n) is 3.57. The molecule has 2 aliphatic rings. The molecule has 20 heavy (non-hydrogen) atoms. The first-order valence-electron chi connectivity index (χ1n) is 8.10. The van der Waals surface area contributed by atoms with E-state index in [9.17, 15) is 0 Å². The number of hydrogen-bond donors (Lipinski definition) is 1. The molecule has 0 aromatic heterocycles. The zero-order valence-corrected chi connectivity index (χ0v) is 12.6. The number of fused-ring (bicyclic) bond motifs is 1. The van der Waals surface area contributed by atoms with E-state index in [2.05, 4.69) is 46.3 Å². The van der Waals surface area contributed by atoms with Crippen molar-refractivity contribution in [2.45, 2.75) is 25.8 Å². The van der Waals surface area contributed by atoms with E-state index < -0.39 is 0 Å². The van der Waals surface area contributed by atoms with Gasteiger partial charge in [-0.05, 0) is 24.1 Å². The van der Waals surface area contributed by atoms with E-state index >= 15 is 0 Å². The predicted octanol–water partition coefficient (Wildman–Crippen LogP) is 1.90. The van der Waals surface area contributed by atoms with Gasteiger partial charge in [0.1, 0.15) is 0 Å². The summed E-state index contributed by atoms with van der Waals surface area (Å²) in [5.74, 6) is 0.665. The molecule has 2 heterocycles. The van der Waals surface area contributed by atoms with Crippen LogP contribution >= 0.6 is 0 Å². The topological polar surface area (TPSA) is 18.5 Å². The quantitative estimate of drug-likeness (QED) is 0.904. The van der Waals surface area contributed by atoms with Gasteiger partial charge >= 0.3 is 0 Å². The van der Waals surface area contributed by atoms with Crippen LogP contribution in [0, 0.1) is 0 Å². The van der Waals surface area contributed by atoms with E-state index in [0.29, 0.717) is 5.92 Å². The van der Waals surface area contributed by atoms with Crippen molar-refractivity contribution in [3.8, 4) is 0 Å². The molecule has 1 aromatic rings. The monoisotopic (exact) mass is 273 g/mol. The van der Waals surface area contributed by atoms with Crippen molar-refractivity contribution in [2.75, 3.05) is 45.8 Å². The van der Waals surface area contributed by atoms with Gasteiger partial charge in [0, 0.05) is 51.7 Å². The molecule has 3 nitrogen and oxygen atoms in total. The molecule has 0 spiro atoms. The van der Waals surface area contributed by atoms with Crippen molar-refractivity contribution >= 4 is 0 Å². The lowest BCUT2D eigenvalue weighted by atomic mass is 9.90. The van der Waals surface area contributed by atoms with E-state index in [4.69, 9.17) is 0 Å². The third kappa shape index (κ3) is 3.22. The molecule has 110 valence electrons. The number of rotatable bonds is 4. The molecule has 1 aromatic carbocycles. The standard InChI is InChI=1S/C17H27N3/c1-2-7-19-8-10-20(11-9-19)14-16-13-18-12-15-5-3-4-6-17(15)16/h3-6,16,18H,2,7-14H2,1H3. The Labute approximate surface area is 123 Å². The van der Waals surface area contributed by atoms with Gasteiger partial charge in [0.2, 0.25) is 0 Å². The highest BCUT2D eigenvalue weighted by Crippen LogP contribution is 2.24. The van der Waals surface area contributed by atoms with Crippen molar-refractivity contribution in [3.05, 3.63) is 35.4 Å². The summed E-state index contributed by atoms with van der Waals surface area (Å²) >= 11 is 0. The fraction of sp³-hybridized carbons (Fsp3) is 0.647. The number of piperazine rings is 1. The molecular formula is C17H27N3. The Kier molecular flexibility index (Phi) is 4.71. The molecule has 3 heteroatoms. The van der Waals surface area contributed by atoms with Crippen LogP contribution < -0.4 is 5.32 Å². The van der Waals surface area contributed by atoms with Gasteiger partial charge in [-0.15, -0.1) is 0 Å². The van der Waals surface area contributed by atoms with E-state index in [-0.39, 0.29) is 0 Å². The highest BCUT2D eigenvalue weighted by Gasteiger charge is 2.24. The fourth-order valence-corrected chi connectivity index (χ4v) is 3.57. The smallest absolute Gasteiger partial charge is 0.0208 e. The minimum atomic E-state index is 0.665. The van der Waals surface area contributed by atoms with Gasteiger partial charge in [0.05, 0.1) is 0 Å². The minimum absolute atomic E-state index is 0.665. The summed E-state index contributed by atoms with van der Waals surface area (Å²) in [6, 6.07) is 8.95. The van der Waals surface area contributed by atoms with Crippen LogP contribution in [0.5, 0.6) is 0 Å². The predicted molar refractivity (Wildman–Crippen MR) is 84.1 cm³/mol. The summed E-state index contributed by atoms with van der Waals surface area (Å²) in [4.78, 5) is 5.25. The number of nitrogens with zero attached hydrogens (tertiary/aromatic N) is 2. The highest BCUT2D eigenvalue weighted by atomic mass is 15.3. The van der Waals surface area contributed by atoms with Crippen molar-refractivity contribution in [3.63, 3.8) is 0 Å². The first-order chi connectivity index (χ1) is 9.86. The third-order valence-corrected chi connectivity index (χ3v) is 4.68. The summed E-state index contributed by atoms with van der Waals surface area (Å²) in [6.07, 6.45) is 1.28. The largest absolute Gasteiger partial charge is 0.312 e. The Morgan fingerprint density at radius 3 is 2.65 bits per heavy atom. The van der Waals surface area contributed by atoms with Gasteiger partial charge in [-0.25, -0.2) is 0 Å². The molecule has 1 atom stereocenters. The molecule has 0 saturated carbocycles. The van der Waals surface area contributed by atoms with E-state index in [0.717, 1.165) is 13.1 Å². The maximum atomic E-state index is 3.57. The molecule has 1 saturated heterocycles. The molecule has 2 aliphatic heterocycles. The SMILES string of the molecule is CCCN1CCN(CC2CNCc3ccccc32)CC1. The van der Waals surface area contributed by atoms with Crippen LogP contribution in [-0.4, -0.2) is 55.6 Å². The van der Waals surface area contributed by atoms with Crippen LogP contribution in [0.4, 0.5) is 0 Å². The maximum Gasteiger partial charge on any atom is 0.0208 e. The summed E-state index contributed by atoms with van der Waals surface area (Å²) in [7, 11) is 0. The number of hydrogen-bond acceptors (Lipinski definition) is 3. The average molecular weight is 273 g/mol. The van der Waals surface area contributed by atoms with Crippen LogP contribution in [0.2, 0.25) is 0 Å². The van der Waals surface area contributed by atoms with Crippen LogP contribution in [0.1, 0.15) is 30.4 Å². The summed E-state index contributed by atoms with van der Waals surface area (Å²) in [6.45, 7) is 11.9. The van der Waals surface area contributed by atoms with Crippen LogP contribution in [0.3, 0.4) is 0 Å². The molecule has 1 fully saturated rings. The van der Waals surface area contributed by atoms with Gasteiger partial charge in [0.15, 0.2) is 0 Å². The molecule has 0 bridgehead atoms. The summed E-state index contributed by atoms with van der Waals surface area (Å²) in [5.41, 5.74) is 3.07. The summed E-state index contributed by atoms with van der Waals surface area (Å²) < 4.78 is 0. The van der Waals surface area contributed by atoms with Crippen LogP contribution in [0.25, 0.3) is 0 Å². The van der Waals surface area contributed by atoms with Crippen molar-refractivity contribution < 1.29 is 0 Å². The first kappa shape index (κ1) is 14.1. The summed E-state index contributed by atoms with van der Waals surface area (Å²) in [5, 5.41) is 3.57. The molecular weight excluding hydrogens is 246 g/mol. The second-order valence-corrected chi connectivity index (χ2v) is 6.17. The zero-order chi connectivity index (χ0) is 13.8. The molecule has 3 rings (SSSR count). The number of nitrogens with one attached hydrogen (secondary N) is 1.